The molecule has 7 nitrogen and oxygen atoms in total. The maximum Gasteiger partial charge on any atom is 0.265 e. The van der Waals surface area contributed by atoms with Crippen LogP contribution in [0.25, 0.3) is 10.6 Å². The van der Waals surface area contributed by atoms with Crippen LogP contribution >= 0.6 is 11.3 Å². The smallest absolute Gasteiger partial charge is 0.265 e. The van der Waals surface area contributed by atoms with Crippen molar-refractivity contribution in [3.63, 3.8) is 0 Å². The molecule has 2 aromatic rings. The molecule has 0 radical (unpaired) electrons. The van der Waals surface area contributed by atoms with E-state index in [0.29, 0.717) is 30.2 Å². The molecule has 2 aliphatic heterocycles. The van der Waals surface area contributed by atoms with Crippen molar-refractivity contribution in [2.75, 3.05) is 52.5 Å². The summed E-state index contributed by atoms with van der Waals surface area (Å²) < 4.78 is 18.6. The minimum absolute atomic E-state index is 0.00979. The first kappa shape index (κ1) is 24.8. The highest BCUT2D eigenvalue weighted by Crippen LogP contribution is 2.31. The Morgan fingerprint density at radius 1 is 1.18 bits per heavy atom. The highest BCUT2D eigenvalue weighted by atomic mass is 32.1. The van der Waals surface area contributed by atoms with Crippen molar-refractivity contribution < 1.29 is 18.7 Å². The van der Waals surface area contributed by atoms with E-state index in [2.05, 4.69) is 15.2 Å². The van der Waals surface area contributed by atoms with E-state index in [4.69, 9.17) is 4.74 Å². The summed E-state index contributed by atoms with van der Waals surface area (Å²) in [5.41, 5.74) is 1.50. The number of carbonyl (C=O) groups excluding carboxylic acids is 2. The maximum absolute atomic E-state index is 13.2. The molecule has 0 aliphatic carbocycles. The van der Waals surface area contributed by atoms with E-state index in [1.807, 2.05) is 18.7 Å². The monoisotopic (exact) mass is 488 g/mol. The van der Waals surface area contributed by atoms with Crippen LogP contribution in [-0.4, -0.2) is 79.1 Å². The van der Waals surface area contributed by atoms with Crippen LogP contribution in [0, 0.1) is 24.6 Å². The van der Waals surface area contributed by atoms with Crippen LogP contribution in [0.2, 0.25) is 0 Å². The summed E-state index contributed by atoms with van der Waals surface area (Å²) in [6.45, 7) is 9.97. The van der Waals surface area contributed by atoms with Crippen LogP contribution < -0.4 is 5.32 Å². The normalized spacial score (nSPS) is 18.6. The lowest BCUT2D eigenvalue weighted by atomic mass is 9.85. The van der Waals surface area contributed by atoms with Gasteiger partial charge in [-0.15, -0.1) is 11.3 Å². The average Bonchev–Trinajstić information content (AvgIpc) is 3.25. The Labute approximate surface area is 204 Å². The second kappa shape index (κ2) is 11.4. The van der Waals surface area contributed by atoms with Crippen molar-refractivity contribution in [1.29, 1.82) is 0 Å². The number of aromatic nitrogens is 1. The van der Waals surface area contributed by atoms with Crippen molar-refractivity contribution in [3.8, 4) is 10.6 Å². The van der Waals surface area contributed by atoms with E-state index in [1.54, 1.807) is 12.1 Å². The van der Waals surface area contributed by atoms with Gasteiger partial charge in [-0.2, -0.15) is 0 Å². The zero-order valence-electron chi connectivity index (χ0n) is 19.9. The van der Waals surface area contributed by atoms with Gasteiger partial charge in [0.25, 0.3) is 5.91 Å². The molecule has 0 unspecified atom stereocenters. The molecule has 184 valence electrons. The molecule has 2 saturated heterocycles. The molecule has 2 fully saturated rings. The van der Waals surface area contributed by atoms with Gasteiger partial charge in [-0.3, -0.25) is 14.5 Å². The number of hydrogen-bond acceptors (Lipinski definition) is 6. The van der Waals surface area contributed by atoms with Gasteiger partial charge in [0.1, 0.15) is 15.7 Å². The summed E-state index contributed by atoms with van der Waals surface area (Å²) in [5, 5.41) is 3.80. The van der Waals surface area contributed by atoms with Gasteiger partial charge in [0.2, 0.25) is 5.91 Å². The number of nitrogens with one attached hydrogen (secondary N) is 1. The largest absolute Gasteiger partial charge is 0.379 e. The Kier molecular flexibility index (Phi) is 8.28. The number of morpholine rings is 1. The number of halogens is 1. The summed E-state index contributed by atoms with van der Waals surface area (Å²) in [4.78, 5) is 35.2. The molecule has 1 N–H and O–H groups in total. The lowest BCUT2D eigenvalue weighted by Gasteiger charge is -2.34. The number of thiazole rings is 1. The molecule has 1 atom stereocenters. The van der Waals surface area contributed by atoms with Gasteiger partial charge in [-0.25, -0.2) is 9.37 Å². The number of likely N-dealkylation sites (tertiary alicyclic amines) is 1. The number of amides is 2. The molecule has 0 spiro atoms. The molecule has 0 bridgehead atoms. The van der Waals surface area contributed by atoms with Crippen LogP contribution in [0.1, 0.15) is 35.1 Å². The number of nitrogens with zero attached hydrogens (tertiary/aromatic N) is 3. The van der Waals surface area contributed by atoms with Crippen LogP contribution in [0.3, 0.4) is 0 Å². The Hall–Kier alpha value is -2.36. The number of ether oxygens (including phenoxy) is 1. The van der Waals surface area contributed by atoms with Crippen LogP contribution in [0.15, 0.2) is 24.3 Å². The number of carbonyl (C=O) groups is 2. The van der Waals surface area contributed by atoms with E-state index < -0.39 is 0 Å². The van der Waals surface area contributed by atoms with Gasteiger partial charge >= 0.3 is 0 Å². The summed E-state index contributed by atoms with van der Waals surface area (Å²) >= 11 is 1.35. The predicted octanol–water partition coefficient (Wildman–Crippen LogP) is 3.19. The van der Waals surface area contributed by atoms with Crippen molar-refractivity contribution in [1.82, 2.24) is 20.1 Å². The third-order valence-corrected chi connectivity index (χ3v) is 8.05. The number of rotatable bonds is 7. The fraction of sp³-hybridized carbons (Fsp3) is 0.560. The molecular weight excluding hydrogens is 455 g/mol. The fourth-order valence-corrected chi connectivity index (χ4v) is 5.63. The first-order chi connectivity index (χ1) is 16.4. The van der Waals surface area contributed by atoms with Crippen LogP contribution in [0.5, 0.6) is 0 Å². The summed E-state index contributed by atoms with van der Waals surface area (Å²) in [7, 11) is 0. The third-order valence-electron chi connectivity index (χ3n) is 6.86. The highest BCUT2D eigenvalue weighted by Gasteiger charge is 2.31. The molecule has 9 heteroatoms. The molecule has 2 aliphatic rings. The van der Waals surface area contributed by atoms with E-state index >= 15 is 0 Å². The zero-order chi connectivity index (χ0) is 24.1. The second-order valence-electron chi connectivity index (χ2n) is 9.10. The molecule has 4 rings (SSSR count). The van der Waals surface area contributed by atoms with Gasteiger partial charge in [0.15, 0.2) is 0 Å². The van der Waals surface area contributed by atoms with Gasteiger partial charge < -0.3 is 15.0 Å². The van der Waals surface area contributed by atoms with Gasteiger partial charge in [0.05, 0.1) is 18.9 Å². The molecule has 0 saturated carbocycles. The van der Waals surface area contributed by atoms with E-state index in [9.17, 15) is 14.0 Å². The molecular formula is C25H33FN4O3S. The number of aryl methyl sites for hydroxylation is 1. The van der Waals surface area contributed by atoms with Crippen LogP contribution in [0.4, 0.5) is 4.39 Å². The van der Waals surface area contributed by atoms with Crippen molar-refractivity contribution in [3.05, 3.63) is 40.7 Å². The van der Waals surface area contributed by atoms with Gasteiger partial charge in [0, 0.05) is 50.7 Å². The van der Waals surface area contributed by atoms with Crippen molar-refractivity contribution >= 4 is 23.2 Å². The maximum atomic E-state index is 13.2. The minimum Gasteiger partial charge on any atom is -0.379 e. The Bertz CT molecular complexity index is 983. The van der Waals surface area contributed by atoms with E-state index in [-0.39, 0.29) is 29.5 Å². The molecule has 1 aromatic carbocycles. The zero-order valence-corrected chi connectivity index (χ0v) is 20.7. The Morgan fingerprint density at radius 3 is 2.53 bits per heavy atom. The Balaban J connectivity index is 1.26. The lowest BCUT2D eigenvalue weighted by molar-refractivity contribution is -0.126. The number of piperidine rings is 1. The summed E-state index contributed by atoms with van der Waals surface area (Å²) in [6, 6.07) is 6.16. The second-order valence-corrected chi connectivity index (χ2v) is 10.1. The summed E-state index contributed by atoms with van der Waals surface area (Å²) in [5.74, 6) is -0.0113. The molecule has 2 amide bonds. The van der Waals surface area contributed by atoms with E-state index in [1.165, 1.54) is 23.5 Å². The third kappa shape index (κ3) is 6.00. The fourth-order valence-electron chi connectivity index (χ4n) is 4.59. The Morgan fingerprint density at radius 2 is 1.85 bits per heavy atom. The van der Waals surface area contributed by atoms with E-state index in [0.717, 1.165) is 56.3 Å². The van der Waals surface area contributed by atoms with Crippen LogP contribution in [-0.2, 0) is 9.53 Å². The molecule has 34 heavy (non-hydrogen) atoms. The first-order valence-corrected chi connectivity index (χ1v) is 12.8. The van der Waals surface area contributed by atoms with Gasteiger partial charge in [-0.05, 0) is 49.9 Å². The van der Waals surface area contributed by atoms with Crippen molar-refractivity contribution in [2.24, 2.45) is 11.8 Å². The average molecular weight is 489 g/mol. The SMILES string of the molecule is Cc1nc(-c2ccc(F)cc2)sc1C(=O)N1CCC([C@H](C)C(=O)NCCN2CCOCC2)CC1. The minimum atomic E-state index is -0.295. The standard InChI is InChI=1S/C25H33FN4O3S/c1-17(23(31)27-9-12-29-13-15-33-16-14-29)19-7-10-30(11-8-19)25(32)22-18(2)28-24(34-22)20-3-5-21(26)6-4-20/h3-6,17,19H,7-16H2,1-2H3,(H,27,31)/t17-/m0/s1. The topological polar surface area (TPSA) is 74.8 Å². The predicted molar refractivity (Wildman–Crippen MR) is 130 cm³/mol. The lowest BCUT2D eigenvalue weighted by Crippen LogP contribution is -2.45. The quantitative estimate of drug-likeness (QED) is 0.648. The van der Waals surface area contributed by atoms with Crippen molar-refractivity contribution in [2.45, 2.75) is 26.7 Å². The molecule has 1 aromatic heterocycles. The summed E-state index contributed by atoms with van der Waals surface area (Å²) in [6.07, 6.45) is 1.62. The number of benzene rings is 1. The first-order valence-electron chi connectivity index (χ1n) is 12.0. The molecule has 3 heterocycles. The highest BCUT2D eigenvalue weighted by molar-refractivity contribution is 7.17. The number of hydrogen-bond donors (Lipinski definition) is 1. The van der Waals surface area contributed by atoms with Gasteiger partial charge in [-0.1, -0.05) is 6.92 Å².